The summed E-state index contributed by atoms with van der Waals surface area (Å²) in [7, 11) is 1.18. The van der Waals surface area contributed by atoms with E-state index >= 15 is 0 Å². The van der Waals surface area contributed by atoms with Crippen molar-refractivity contribution in [1.82, 2.24) is 0 Å². The van der Waals surface area contributed by atoms with Crippen LogP contribution in [0.25, 0.3) is 0 Å². The fourth-order valence-electron chi connectivity index (χ4n) is 0.724. The fourth-order valence-corrected chi connectivity index (χ4v) is 0.724. The molecule has 1 atom stereocenters. The highest BCUT2D eigenvalue weighted by molar-refractivity contribution is 5.85. The largest absolute Gasteiger partial charge is 0.321 e. The summed E-state index contributed by atoms with van der Waals surface area (Å²) in [6, 6.07) is -0.350. The Morgan fingerprint density at radius 2 is 2.15 bits per heavy atom. The van der Waals surface area contributed by atoms with Crippen molar-refractivity contribution in [2.45, 2.75) is 26.3 Å². The molecule has 0 bridgehead atoms. The zero-order valence-corrected chi connectivity index (χ0v) is 8.49. The first-order valence-electron chi connectivity index (χ1n) is 4.09. The molecule has 4 nitrogen and oxygen atoms in total. The van der Waals surface area contributed by atoms with Crippen molar-refractivity contribution >= 4 is 5.78 Å². The van der Waals surface area contributed by atoms with E-state index < -0.39 is 0 Å². The molecular weight excluding hydrogens is 170 g/mol. The maximum atomic E-state index is 11.1. The second-order valence-electron chi connectivity index (χ2n) is 2.87. The fraction of sp³-hybridized carbons (Fsp3) is 0.667. The highest BCUT2D eigenvalue weighted by atomic mass is 17.1. The van der Waals surface area contributed by atoms with Gasteiger partial charge < -0.3 is 5.73 Å². The van der Waals surface area contributed by atoms with E-state index in [0.717, 1.165) is 0 Å². The van der Waals surface area contributed by atoms with Crippen LogP contribution in [0, 0.1) is 5.92 Å². The third-order valence-corrected chi connectivity index (χ3v) is 1.36. The van der Waals surface area contributed by atoms with Crippen LogP contribution in [0.5, 0.6) is 0 Å². The quantitative estimate of drug-likeness (QED) is 0.401. The highest BCUT2D eigenvalue weighted by Gasteiger charge is 2.14. The maximum Gasteiger partial charge on any atom is 0.152 e. The second-order valence-corrected chi connectivity index (χ2v) is 2.87. The van der Waals surface area contributed by atoms with E-state index in [1.54, 1.807) is 6.08 Å². The number of nitrogens with two attached hydrogens (primary N) is 1. The number of rotatable bonds is 4. The molecule has 0 aliphatic carbocycles. The Morgan fingerprint density at radius 1 is 1.77 bits per heavy atom. The van der Waals surface area contributed by atoms with Crippen LogP contribution in [0.3, 0.4) is 0 Å². The van der Waals surface area contributed by atoms with Crippen molar-refractivity contribution in [2.75, 3.05) is 7.11 Å². The molecular formula is C9H21NO3. The van der Waals surface area contributed by atoms with Gasteiger partial charge in [-0.1, -0.05) is 19.9 Å². The molecule has 0 saturated carbocycles. The van der Waals surface area contributed by atoms with E-state index in [0.29, 0.717) is 6.42 Å². The van der Waals surface area contributed by atoms with Gasteiger partial charge in [0.15, 0.2) is 5.78 Å². The van der Waals surface area contributed by atoms with Crippen LogP contribution < -0.4 is 5.73 Å². The van der Waals surface area contributed by atoms with Gasteiger partial charge in [0.25, 0.3) is 0 Å². The molecule has 0 radical (unpaired) electrons. The van der Waals surface area contributed by atoms with Gasteiger partial charge >= 0.3 is 0 Å². The minimum absolute atomic E-state index is 0. The molecule has 0 aliphatic heterocycles. The van der Waals surface area contributed by atoms with Crippen molar-refractivity contribution in [2.24, 2.45) is 11.7 Å². The van der Waals surface area contributed by atoms with Gasteiger partial charge in [-0.3, -0.25) is 10.1 Å². The Balaban J connectivity index is -0.000000267. The zero-order valence-electron chi connectivity index (χ0n) is 8.49. The summed E-state index contributed by atoms with van der Waals surface area (Å²) in [6.07, 6.45) is 2.25. The third kappa shape index (κ3) is 9.20. The van der Waals surface area contributed by atoms with E-state index in [1.165, 1.54) is 7.11 Å². The number of Topliss-reactive ketones (excluding diaryl/α,β-unsaturated/α-hetero) is 1. The molecule has 0 rings (SSSR count). The Kier molecular flexibility index (Phi) is 10.7. The molecule has 0 unspecified atom stereocenters. The molecule has 0 aromatic heterocycles. The van der Waals surface area contributed by atoms with Crippen LogP contribution in [-0.4, -0.2) is 24.2 Å². The average Bonchev–Trinajstić information content (AvgIpc) is 2.04. The van der Waals surface area contributed by atoms with Gasteiger partial charge in [0.2, 0.25) is 0 Å². The number of hydrogen-bond acceptors (Lipinski definition) is 4. The summed E-state index contributed by atoms with van der Waals surface area (Å²) in [4.78, 5) is 14.3. The topological polar surface area (TPSA) is 72.6 Å². The van der Waals surface area contributed by atoms with Crippen molar-refractivity contribution in [3.8, 4) is 0 Å². The lowest BCUT2D eigenvalue weighted by Gasteiger charge is -2.09. The SMILES string of the molecule is C=CC[C@H](N)C(=O)C(C)C.COO.[HH]. The first kappa shape index (κ1) is 14.8. The van der Waals surface area contributed by atoms with Gasteiger partial charge in [0.05, 0.1) is 13.2 Å². The van der Waals surface area contributed by atoms with E-state index in [4.69, 9.17) is 11.0 Å². The summed E-state index contributed by atoms with van der Waals surface area (Å²) in [5, 5.41) is 7.07. The minimum Gasteiger partial charge on any atom is -0.321 e. The van der Waals surface area contributed by atoms with Gasteiger partial charge in [0, 0.05) is 7.34 Å². The van der Waals surface area contributed by atoms with Crippen LogP contribution in [0.2, 0.25) is 0 Å². The first-order valence-corrected chi connectivity index (χ1v) is 4.09. The third-order valence-electron chi connectivity index (χ3n) is 1.36. The molecule has 0 aliphatic rings. The lowest BCUT2D eigenvalue weighted by atomic mass is 10.0. The molecule has 13 heavy (non-hydrogen) atoms. The Labute approximate surface area is 80.8 Å². The normalized spacial score (nSPS) is 11.5. The second kappa shape index (κ2) is 9.38. The predicted octanol–water partition coefficient (Wildman–Crippen LogP) is 1.47. The zero-order chi connectivity index (χ0) is 10.9. The van der Waals surface area contributed by atoms with Crippen LogP contribution in [0.1, 0.15) is 21.7 Å². The number of ketones is 1. The van der Waals surface area contributed by atoms with E-state index in [1.807, 2.05) is 13.8 Å². The van der Waals surface area contributed by atoms with Gasteiger partial charge in [0.1, 0.15) is 0 Å². The molecule has 4 heteroatoms. The average molecular weight is 191 g/mol. The van der Waals surface area contributed by atoms with Crippen LogP contribution in [-0.2, 0) is 9.68 Å². The van der Waals surface area contributed by atoms with Crippen molar-refractivity contribution in [3.05, 3.63) is 12.7 Å². The number of hydrogen-bond donors (Lipinski definition) is 2. The summed E-state index contributed by atoms with van der Waals surface area (Å²) in [6.45, 7) is 7.22. The van der Waals surface area contributed by atoms with Crippen molar-refractivity contribution in [3.63, 3.8) is 0 Å². The Bertz CT molecular complexity index is 151. The molecule has 3 N–H and O–H groups in total. The number of carbonyl (C=O) groups is 1. The molecule has 0 aromatic rings. The highest BCUT2D eigenvalue weighted by Crippen LogP contribution is 2.00. The minimum atomic E-state index is -0.350. The molecule has 0 aromatic carbocycles. The van der Waals surface area contributed by atoms with Gasteiger partial charge in [-0.05, 0) is 6.42 Å². The summed E-state index contributed by atoms with van der Waals surface area (Å²) >= 11 is 0. The van der Waals surface area contributed by atoms with E-state index in [9.17, 15) is 4.79 Å². The summed E-state index contributed by atoms with van der Waals surface area (Å²) in [5.74, 6) is 0.148. The standard InChI is InChI=1S/C8H15NO.CH4O2.H2/c1-4-5-7(9)8(10)6(2)3;1-3-2;/h4,6-7H,1,5,9H2,2-3H3;2H,1H3;1H/t7-;;/m0../s1. The first-order chi connectivity index (χ1) is 6.01. The van der Waals surface area contributed by atoms with Crippen LogP contribution in [0.4, 0.5) is 0 Å². The Morgan fingerprint density at radius 3 is 2.38 bits per heavy atom. The van der Waals surface area contributed by atoms with Crippen molar-refractivity contribution in [1.29, 1.82) is 0 Å². The summed E-state index contributed by atoms with van der Waals surface area (Å²) < 4.78 is 0. The van der Waals surface area contributed by atoms with Crippen LogP contribution >= 0.6 is 0 Å². The molecule has 80 valence electrons. The molecule has 0 amide bonds. The van der Waals surface area contributed by atoms with Gasteiger partial charge in [-0.25, -0.2) is 4.89 Å². The molecule has 0 heterocycles. The maximum absolute atomic E-state index is 11.1. The smallest absolute Gasteiger partial charge is 0.152 e. The lowest BCUT2D eigenvalue weighted by Crippen LogP contribution is -2.32. The van der Waals surface area contributed by atoms with E-state index in [-0.39, 0.29) is 19.2 Å². The van der Waals surface area contributed by atoms with Crippen LogP contribution in [0.15, 0.2) is 12.7 Å². The van der Waals surface area contributed by atoms with Gasteiger partial charge in [-0.2, -0.15) is 0 Å². The van der Waals surface area contributed by atoms with Crippen molar-refractivity contribution < 1.29 is 16.4 Å². The molecule has 0 fully saturated rings. The lowest BCUT2D eigenvalue weighted by molar-refractivity contribution is -0.214. The molecule has 0 saturated heterocycles. The summed E-state index contributed by atoms with van der Waals surface area (Å²) in [5.41, 5.74) is 5.51. The Hall–Kier alpha value is -0.710. The molecule has 0 spiro atoms. The van der Waals surface area contributed by atoms with E-state index in [2.05, 4.69) is 11.5 Å². The monoisotopic (exact) mass is 191 g/mol. The predicted molar refractivity (Wildman–Crippen MR) is 54.4 cm³/mol. The number of carbonyl (C=O) groups excluding carboxylic acids is 1. The van der Waals surface area contributed by atoms with Gasteiger partial charge in [-0.15, -0.1) is 6.58 Å².